The zero-order valence-electron chi connectivity index (χ0n) is 21.2. The highest BCUT2D eigenvalue weighted by molar-refractivity contribution is 5.96. The number of aromatic amines is 1. The number of hydrogen-bond acceptors (Lipinski definition) is 8. The van der Waals surface area contributed by atoms with Crippen molar-refractivity contribution >= 4 is 46.4 Å². The molecule has 0 fully saturated rings. The highest BCUT2D eigenvalue weighted by atomic mass is 16.5. The lowest BCUT2D eigenvalue weighted by molar-refractivity contribution is -0.138. The molecule has 0 aliphatic rings. The lowest BCUT2D eigenvalue weighted by atomic mass is 9.84. The van der Waals surface area contributed by atoms with Gasteiger partial charge in [-0.3, -0.25) is 24.9 Å². The summed E-state index contributed by atoms with van der Waals surface area (Å²) in [4.78, 5) is 49.6. The van der Waals surface area contributed by atoms with E-state index in [-0.39, 0.29) is 25.2 Å². The van der Waals surface area contributed by atoms with Gasteiger partial charge in [0.25, 0.3) is 0 Å². The SMILES string of the molecule is COC(=O)N[C@](CCC(=O)O)(Cc1cccc(C(=N)N)c1)C(=O)NCC(=O)NCc1ccc2c(N)n[nH]c2c1. The van der Waals surface area contributed by atoms with Gasteiger partial charge < -0.3 is 37.3 Å². The molecule has 0 saturated carbocycles. The number of aliphatic carboxylic acids is 1. The van der Waals surface area contributed by atoms with Crippen LogP contribution in [0.1, 0.15) is 29.5 Å². The van der Waals surface area contributed by atoms with Gasteiger partial charge in [-0.05, 0) is 35.7 Å². The highest BCUT2D eigenvalue weighted by Crippen LogP contribution is 2.22. The molecule has 3 aromatic rings. The maximum absolute atomic E-state index is 13.4. The Morgan fingerprint density at radius 1 is 1.13 bits per heavy atom. The molecule has 0 radical (unpaired) electrons. The number of nitrogens with two attached hydrogens (primary N) is 2. The van der Waals surface area contributed by atoms with Gasteiger partial charge in [0.1, 0.15) is 11.4 Å². The molecule has 3 amide bonds. The molecule has 14 nitrogen and oxygen atoms in total. The summed E-state index contributed by atoms with van der Waals surface area (Å²) < 4.78 is 4.68. The monoisotopic (exact) mass is 538 g/mol. The fourth-order valence-corrected chi connectivity index (χ4v) is 4.00. The van der Waals surface area contributed by atoms with Crippen molar-refractivity contribution in [1.82, 2.24) is 26.1 Å². The number of carbonyl (C=O) groups is 4. The number of nitrogens with zero attached hydrogens (tertiary/aromatic N) is 1. The van der Waals surface area contributed by atoms with E-state index in [1.165, 1.54) is 0 Å². The van der Waals surface area contributed by atoms with Crippen molar-refractivity contribution in [2.24, 2.45) is 5.73 Å². The van der Waals surface area contributed by atoms with E-state index in [1.54, 1.807) is 42.5 Å². The molecule has 0 unspecified atom stereocenters. The number of anilines is 1. The van der Waals surface area contributed by atoms with Crippen LogP contribution in [0.4, 0.5) is 10.6 Å². The van der Waals surface area contributed by atoms with E-state index in [0.717, 1.165) is 18.1 Å². The van der Waals surface area contributed by atoms with Crippen LogP contribution in [0, 0.1) is 5.41 Å². The molecule has 2 aromatic carbocycles. The number of carboxylic acid groups (broad SMARTS) is 1. The summed E-state index contributed by atoms with van der Waals surface area (Å²) in [7, 11) is 1.11. The number of carbonyl (C=O) groups excluding carboxylic acids is 3. The summed E-state index contributed by atoms with van der Waals surface area (Å²) in [5.74, 6) is -2.33. The first-order chi connectivity index (χ1) is 18.5. The Labute approximate surface area is 223 Å². The van der Waals surface area contributed by atoms with Crippen molar-refractivity contribution in [2.45, 2.75) is 31.3 Å². The largest absolute Gasteiger partial charge is 0.481 e. The zero-order valence-corrected chi connectivity index (χ0v) is 21.2. The quantitative estimate of drug-likeness (QED) is 0.117. The van der Waals surface area contributed by atoms with Gasteiger partial charge in [0.15, 0.2) is 5.82 Å². The Morgan fingerprint density at radius 3 is 2.59 bits per heavy atom. The molecule has 10 N–H and O–H groups in total. The molecule has 39 heavy (non-hydrogen) atoms. The predicted octanol–water partition coefficient (Wildman–Crippen LogP) is 0.364. The average Bonchev–Trinajstić information content (AvgIpc) is 3.28. The minimum atomic E-state index is -1.78. The van der Waals surface area contributed by atoms with Crippen molar-refractivity contribution in [1.29, 1.82) is 5.41 Å². The number of amides is 3. The van der Waals surface area contributed by atoms with E-state index < -0.39 is 42.4 Å². The molecule has 0 aliphatic heterocycles. The number of alkyl carbamates (subject to hydrolysis) is 1. The number of carboxylic acids is 1. The fourth-order valence-electron chi connectivity index (χ4n) is 4.00. The maximum atomic E-state index is 13.4. The number of ether oxygens (including phenoxy) is 1. The van der Waals surface area contributed by atoms with Crippen molar-refractivity contribution in [2.75, 3.05) is 19.4 Å². The summed E-state index contributed by atoms with van der Waals surface area (Å²) in [6.45, 7) is -0.283. The molecule has 0 bridgehead atoms. The smallest absolute Gasteiger partial charge is 0.407 e. The maximum Gasteiger partial charge on any atom is 0.407 e. The van der Waals surface area contributed by atoms with Crippen LogP contribution in [-0.2, 0) is 32.1 Å². The standard InChI is InChI=1S/C25H30N8O6/c1-39-24(38)31-25(8-7-20(35)36,11-14-3-2-4-16(9-14)21(26)27)23(37)30-13-19(34)29-12-15-5-6-17-18(10-15)32-33-22(17)28/h2-6,9-10H,7-8,11-13H2,1H3,(H3,26,27)(H,29,34)(H,30,37)(H,31,38)(H,35,36)(H3,28,32,33)/t25-/m1/s1. The van der Waals surface area contributed by atoms with E-state index in [2.05, 4.69) is 30.9 Å². The Bertz CT molecular complexity index is 1400. The van der Waals surface area contributed by atoms with E-state index in [4.69, 9.17) is 16.9 Å². The van der Waals surface area contributed by atoms with Crippen LogP contribution < -0.4 is 27.4 Å². The van der Waals surface area contributed by atoms with E-state index in [9.17, 15) is 24.3 Å². The number of methoxy groups -OCH3 is 1. The number of nitrogen functional groups attached to an aromatic ring is 2. The predicted molar refractivity (Wildman–Crippen MR) is 142 cm³/mol. The summed E-state index contributed by atoms with van der Waals surface area (Å²) >= 11 is 0. The van der Waals surface area contributed by atoms with Crippen LogP contribution in [0.25, 0.3) is 10.9 Å². The number of fused-ring (bicyclic) bond motifs is 1. The highest BCUT2D eigenvalue weighted by Gasteiger charge is 2.41. The van der Waals surface area contributed by atoms with Gasteiger partial charge in [0.05, 0.1) is 19.2 Å². The van der Waals surface area contributed by atoms with Crippen molar-refractivity contribution in [3.05, 3.63) is 59.2 Å². The zero-order chi connectivity index (χ0) is 28.6. The van der Waals surface area contributed by atoms with Gasteiger partial charge in [-0.1, -0.05) is 24.3 Å². The van der Waals surface area contributed by atoms with Gasteiger partial charge in [0.2, 0.25) is 11.8 Å². The first-order valence-corrected chi connectivity index (χ1v) is 11.8. The Balaban J connectivity index is 1.75. The Hall–Kier alpha value is -5.14. The molecule has 3 rings (SSSR count). The van der Waals surface area contributed by atoms with Crippen molar-refractivity contribution in [3.63, 3.8) is 0 Å². The van der Waals surface area contributed by atoms with Crippen molar-refractivity contribution in [3.8, 4) is 0 Å². The second-order valence-corrected chi connectivity index (χ2v) is 8.83. The molecule has 0 saturated heterocycles. The van der Waals surface area contributed by atoms with Crippen molar-refractivity contribution < 1.29 is 29.0 Å². The first-order valence-electron chi connectivity index (χ1n) is 11.8. The lowest BCUT2D eigenvalue weighted by Crippen LogP contribution is -2.61. The van der Waals surface area contributed by atoms with Gasteiger partial charge in [-0.2, -0.15) is 5.10 Å². The van der Waals surface area contributed by atoms with Crippen LogP contribution in [0.15, 0.2) is 42.5 Å². The molecule has 1 heterocycles. The second kappa shape index (κ2) is 12.4. The third-order valence-electron chi connectivity index (χ3n) is 6.03. The summed E-state index contributed by atoms with van der Waals surface area (Å²) in [5, 5.41) is 32.1. The van der Waals surface area contributed by atoms with E-state index >= 15 is 0 Å². The topological polar surface area (TPSA) is 238 Å². The van der Waals surface area contributed by atoms with Gasteiger partial charge >= 0.3 is 12.1 Å². The lowest BCUT2D eigenvalue weighted by Gasteiger charge is -2.33. The van der Waals surface area contributed by atoms with Gasteiger partial charge in [-0.25, -0.2) is 4.79 Å². The minimum absolute atomic E-state index is 0.155. The van der Waals surface area contributed by atoms with Crippen LogP contribution in [0.3, 0.4) is 0 Å². The van der Waals surface area contributed by atoms with Gasteiger partial charge in [-0.15, -0.1) is 0 Å². The summed E-state index contributed by atoms with van der Waals surface area (Å²) in [5.41, 5.74) is 11.9. The van der Waals surface area contributed by atoms with E-state index in [1.807, 2.05) is 0 Å². The molecule has 14 heteroatoms. The molecule has 0 spiro atoms. The van der Waals surface area contributed by atoms with Crippen LogP contribution in [0.2, 0.25) is 0 Å². The summed E-state index contributed by atoms with van der Waals surface area (Å²) in [6, 6.07) is 11.7. The van der Waals surface area contributed by atoms with Crippen LogP contribution >= 0.6 is 0 Å². The molecule has 1 aromatic heterocycles. The molecule has 0 aliphatic carbocycles. The third-order valence-corrected chi connectivity index (χ3v) is 6.03. The van der Waals surface area contributed by atoms with E-state index in [0.29, 0.717) is 22.5 Å². The number of benzene rings is 2. The fraction of sp³-hybridized carbons (Fsp3) is 0.280. The normalized spacial score (nSPS) is 12.2. The number of nitrogens with one attached hydrogen (secondary N) is 5. The van der Waals surface area contributed by atoms with Gasteiger partial charge in [0, 0.05) is 30.3 Å². The third kappa shape index (κ3) is 7.44. The average molecular weight is 539 g/mol. The molecular formula is C25H30N8O6. The van der Waals surface area contributed by atoms with Crippen LogP contribution in [0.5, 0.6) is 0 Å². The molecular weight excluding hydrogens is 508 g/mol. The first kappa shape index (κ1) is 28.4. The Morgan fingerprint density at radius 2 is 1.90 bits per heavy atom. The number of aromatic nitrogens is 2. The Kier molecular flexibility index (Phi) is 9.04. The second-order valence-electron chi connectivity index (χ2n) is 8.83. The van der Waals surface area contributed by atoms with Crippen LogP contribution in [-0.4, -0.2) is 64.2 Å². The number of H-pyrrole nitrogens is 1. The molecule has 206 valence electrons. The summed E-state index contributed by atoms with van der Waals surface area (Å²) in [6.07, 6.45) is -1.88. The number of hydrogen-bond donors (Lipinski definition) is 8. The number of amidine groups is 1. The minimum Gasteiger partial charge on any atom is -0.481 e. The number of rotatable bonds is 12. The molecule has 1 atom stereocenters.